The van der Waals surface area contributed by atoms with Gasteiger partial charge in [-0.1, -0.05) is 13.8 Å². The monoisotopic (exact) mass is 228 g/mol. The fourth-order valence-corrected chi connectivity index (χ4v) is 2.49. The second-order valence-corrected chi connectivity index (χ2v) is 4.57. The summed E-state index contributed by atoms with van der Waals surface area (Å²) in [7, 11) is 7.41. The normalized spacial score (nSPS) is 41.2. The van der Waals surface area contributed by atoms with Crippen molar-refractivity contribution in [1.82, 2.24) is 0 Å². The SMILES string of the molecule is [B][C@@H]1O[C@@](CO)(C(C)COC)[C@@H](O)[C@H]1CC. The minimum atomic E-state index is -0.990. The highest BCUT2D eigenvalue weighted by atomic mass is 16.5. The van der Waals surface area contributed by atoms with Crippen molar-refractivity contribution in [3.63, 3.8) is 0 Å². The quantitative estimate of drug-likeness (QED) is 0.646. The molecule has 0 saturated carbocycles. The van der Waals surface area contributed by atoms with E-state index in [1.165, 1.54) is 0 Å². The lowest BCUT2D eigenvalue weighted by Gasteiger charge is -2.36. The van der Waals surface area contributed by atoms with Crippen LogP contribution in [0.1, 0.15) is 20.3 Å². The second-order valence-electron chi connectivity index (χ2n) is 4.57. The van der Waals surface area contributed by atoms with Crippen molar-refractivity contribution < 1.29 is 19.7 Å². The minimum Gasteiger partial charge on any atom is -0.393 e. The fraction of sp³-hybridized carbons (Fsp3) is 1.00. The summed E-state index contributed by atoms with van der Waals surface area (Å²) in [6.07, 6.45) is -0.0216. The Labute approximate surface area is 98.4 Å². The number of methoxy groups -OCH3 is 1. The van der Waals surface area contributed by atoms with Gasteiger partial charge >= 0.3 is 0 Å². The highest BCUT2D eigenvalue weighted by Crippen LogP contribution is 2.40. The average molecular weight is 228 g/mol. The van der Waals surface area contributed by atoms with Gasteiger partial charge in [-0.2, -0.15) is 0 Å². The maximum Gasteiger partial charge on any atom is 0.121 e. The first-order valence-electron chi connectivity index (χ1n) is 5.74. The molecule has 92 valence electrons. The Hall–Kier alpha value is -0.0951. The zero-order valence-corrected chi connectivity index (χ0v) is 10.2. The first-order valence-corrected chi connectivity index (χ1v) is 5.74. The summed E-state index contributed by atoms with van der Waals surface area (Å²) in [4.78, 5) is 0. The largest absolute Gasteiger partial charge is 0.393 e. The van der Waals surface area contributed by atoms with Crippen molar-refractivity contribution in [2.75, 3.05) is 20.3 Å². The summed E-state index contributed by atoms with van der Waals surface area (Å²) in [5, 5.41) is 19.8. The Morgan fingerprint density at radius 1 is 1.56 bits per heavy atom. The Balaban J connectivity index is 2.88. The topological polar surface area (TPSA) is 58.9 Å². The van der Waals surface area contributed by atoms with Crippen LogP contribution in [-0.4, -0.2) is 56.1 Å². The van der Waals surface area contributed by atoms with Gasteiger partial charge in [-0.25, -0.2) is 0 Å². The van der Waals surface area contributed by atoms with Crippen molar-refractivity contribution in [1.29, 1.82) is 0 Å². The number of aliphatic hydroxyl groups excluding tert-OH is 2. The van der Waals surface area contributed by atoms with Crippen LogP contribution in [0.3, 0.4) is 0 Å². The maximum absolute atomic E-state index is 10.2. The zero-order valence-electron chi connectivity index (χ0n) is 10.2. The molecule has 1 aliphatic rings. The van der Waals surface area contributed by atoms with Crippen molar-refractivity contribution in [2.24, 2.45) is 11.8 Å². The molecule has 1 unspecified atom stereocenters. The van der Waals surface area contributed by atoms with E-state index in [9.17, 15) is 10.2 Å². The van der Waals surface area contributed by atoms with E-state index in [0.717, 1.165) is 6.42 Å². The van der Waals surface area contributed by atoms with Gasteiger partial charge in [-0.3, -0.25) is 0 Å². The molecular weight excluding hydrogens is 207 g/mol. The molecule has 4 nitrogen and oxygen atoms in total. The van der Waals surface area contributed by atoms with Crippen LogP contribution < -0.4 is 0 Å². The third kappa shape index (κ3) is 2.14. The van der Waals surface area contributed by atoms with Gasteiger partial charge in [0.15, 0.2) is 0 Å². The molecule has 0 bridgehead atoms. The van der Waals surface area contributed by atoms with E-state index in [4.69, 9.17) is 17.3 Å². The number of rotatable bonds is 5. The molecule has 0 spiro atoms. The average Bonchev–Trinajstić information content (AvgIpc) is 2.51. The highest BCUT2D eigenvalue weighted by molar-refractivity contribution is 6.11. The van der Waals surface area contributed by atoms with Crippen LogP contribution in [0.2, 0.25) is 0 Å². The van der Waals surface area contributed by atoms with Gasteiger partial charge in [-0.05, 0) is 6.42 Å². The first-order chi connectivity index (χ1) is 7.53. The summed E-state index contributed by atoms with van der Waals surface area (Å²) in [5.41, 5.74) is -0.990. The maximum atomic E-state index is 10.2. The van der Waals surface area contributed by atoms with Crippen molar-refractivity contribution >= 4 is 7.85 Å². The molecule has 0 amide bonds. The third-order valence-corrected chi connectivity index (χ3v) is 3.65. The molecule has 1 heterocycles. The van der Waals surface area contributed by atoms with Crippen LogP contribution in [0.25, 0.3) is 0 Å². The van der Waals surface area contributed by atoms with E-state index in [1.54, 1.807) is 7.11 Å². The van der Waals surface area contributed by atoms with Gasteiger partial charge in [0.25, 0.3) is 0 Å². The molecule has 0 aromatic heterocycles. The van der Waals surface area contributed by atoms with E-state index in [2.05, 4.69) is 0 Å². The summed E-state index contributed by atoms with van der Waals surface area (Å²) < 4.78 is 10.7. The van der Waals surface area contributed by atoms with Gasteiger partial charge in [0.1, 0.15) is 13.4 Å². The summed E-state index contributed by atoms with van der Waals surface area (Å²) >= 11 is 0. The molecule has 2 radical (unpaired) electrons. The molecule has 1 fully saturated rings. The van der Waals surface area contributed by atoms with E-state index >= 15 is 0 Å². The Morgan fingerprint density at radius 2 is 2.19 bits per heavy atom. The van der Waals surface area contributed by atoms with Gasteiger partial charge in [-0.15, -0.1) is 0 Å². The van der Waals surface area contributed by atoms with Gasteiger partial charge in [0.2, 0.25) is 0 Å². The molecule has 0 aromatic carbocycles. The van der Waals surface area contributed by atoms with Crippen LogP contribution >= 0.6 is 0 Å². The zero-order chi connectivity index (χ0) is 12.3. The van der Waals surface area contributed by atoms with Gasteiger partial charge in [0.05, 0.1) is 19.3 Å². The standard InChI is InChI=1S/C11H21BO4/c1-4-8-9(14)11(6-13,16-10(8)12)7(2)5-15-3/h7-10,13-14H,4-6H2,1-3H3/t7?,8-,9+,10-,11+/m1/s1. The first kappa shape index (κ1) is 14.0. The number of hydrogen-bond donors (Lipinski definition) is 2. The van der Waals surface area contributed by atoms with Crippen LogP contribution in [-0.2, 0) is 9.47 Å². The number of aliphatic hydroxyl groups is 2. The molecule has 1 aliphatic heterocycles. The Morgan fingerprint density at radius 3 is 2.56 bits per heavy atom. The van der Waals surface area contributed by atoms with Gasteiger partial charge < -0.3 is 19.7 Å². The van der Waals surface area contributed by atoms with Crippen LogP contribution in [0.15, 0.2) is 0 Å². The second kappa shape index (κ2) is 5.49. The van der Waals surface area contributed by atoms with E-state index in [1.807, 2.05) is 13.8 Å². The summed E-state index contributed by atoms with van der Waals surface area (Å²) in [6, 6.07) is -0.522. The van der Waals surface area contributed by atoms with E-state index in [0.29, 0.717) is 6.61 Å². The lowest BCUT2D eigenvalue weighted by molar-refractivity contribution is -0.141. The van der Waals surface area contributed by atoms with Gasteiger partial charge in [0, 0.05) is 24.9 Å². The lowest BCUT2D eigenvalue weighted by atomic mass is 9.77. The van der Waals surface area contributed by atoms with Crippen molar-refractivity contribution in [2.45, 2.75) is 38.0 Å². The van der Waals surface area contributed by atoms with E-state index in [-0.39, 0.29) is 18.4 Å². The summed E-state index contributed by atoms with van der Waals surface area (Å²) in [6.45, 7) is 4.00. The third-order valence-electron chi connectivity index (χ3n) is 3.65. The smallest absolute Gasteiger partial charge is 0.121 e. The molecular formula is C11H21BO4. The highest BCUT2D eigenvalue weighted by Gasteiger charge is 2.54. The molecule has 0 aliphatic carbocycles. The van der Waals surface area contributed by atoms with Crippen molar-refractivity contribution in [3.05, 3.63) is 0 Å². The molecule has 0 aromatic rings. The van der Waals surface area contributed by atoms with Crippen LogP contribution in [0, 0.1) is 11.8 Å². The number of ether oxygens (including phenoxy) is 2. The lowest BCUT2D eigenvalue weighted by Crippen LogP contribution is -2.51. The molecule has 5 heteroatoms. The molecule has 1 saturated heterocycles. The van der Waals surface area contributed by atoms with E-state index < -0.39 is 17.7 Å². The predicted octanol–water partition coefficient (Wildman–Crippen LogP) is -0.0881. The van der Waals surface area contributed by atoms with Crippen LogP contribution in [0.5, 0.6) is 0 Å². The molecule has 16 heavy (non-hydrogen) atoms. The Kier molecular flexibility index (Phi) is 4.80. The predicted molar refractivity (Wildman–Crippen MR) is 61.3 cm³/mol. The molecule has 2 N–H and O–H groups in total. The van der Waals surface area contributed by atoms with Crippen molar-refractivity contribution in [3.8, 4) is 0 Å². The Bertz CT molecular complexity index is 226. The molecule has 1 rings (SSSR count). The minimum absolute atomic E-state index is 0.111. The number of hydrogen-bond acceptors (Lipinski definition) is 4. The molecule has 5 atom stereocenters. The van der Waals surface area contributed by atoms with Crippen LogP contribution in [0.4, 0.5) is 0 Å². The summed E-state index contributed by atoms with van der Waals surface area (Å²) in [5.74, 6) is -0.244. The fourth-order valence-electron chi connectivity index (χ4n) is 2.49.